The second kappa shape index (κ2) is 11.9. The van der Waals surface area contributed by atoms with E-state index >= 15 is 0 Å². The van der Waals surface area contributed by atoms with Crippen molar-refractivity contribution in [3.05, 3.63) is 187 Å². The summed E-state index contributed by atoms with van der Waals surface area (Å²) in [6, 6.07) is 61.9. The van der Waals surface area contributed by atoms with Gasteiger partial charge in [-0.3, -0.25) is 16.0 Å². The average Bonchev–Trinajstić information content (AvgIpc) is 3.76. The van der Waals surface area contributed by atoms with Crippen LogP contribution in [0.2, 0.25) is 0 Å². The number of rotatable bonds is 4. The molecule has 2 aromatic heterocycles. The van der Waals surface area contributed by atoms with Crippen LogP contribution < -0.4 is 16.0 Å². The Bertz CT molecular complexity index is 2920. The molecule has 0 radical (unpaired) electrons. The maximum absolute atomic E-state index is 3.97. The Morgan fingerprint density at radius 3 is 1.71 bits per heavy atom. The molecule has 0 aliphatic carbocycles. The van der Waals surface area contributed by atoms with Crippen LogP contribution >= 0.6 is 11.3 Å². The average molecular weight is 687 g/mol. The molecule has 1 aliphatic rings. The molecule has 1 aliphatic heterocycles. The summed E-state index contributed by atoms with van der Waals surface area (Å²) in [6.07, 6.45) is -0.201. The summed E-state index contributed by atoms with van der Waals surface area (Å²) >= 11 is 1.92. The van der Waals surface area contributed by atoms with Crippen molar-refractivity contribution in [2.75, 3.05) is 0 Å². The first-order chi connectivity index (χ1) is 25.8. The summed E-state index contributed by atoms with van der Waals surface area (Å²) in [5.41, 5.74) is 7.35. The summed E-state index contributed by atoms with van der Waals surface area (Å²) < 4.78 is 5.09. The Morgan fingerprint density at radius 2 is 0.981 bits per heavy atom. The van der Waals surface area contributed by atoms with E-state index in [1.165, 1.54) is 85.9 Å². The quantitative estimate of drug-likeness (QED) is 0.173. The van der Waals surface area contributed by atoms with Crippen molar-refractivity contribution in [2.45, 2.75) is 18.5 Å². The normalized spacial score (nSPS) is 18.0. The van der Waals surface area contributed by atoms with Crippen LogP contribution in [0.25, 0.3) is 69.2 Å². The van der Waals surface area contributed by atoms with E-state index in [1.807, 2.05) is 11.3 Å². The van der Waals surface area contributed by atoms with E-state index in [4.69, 9.17) is 0 Å². The lowest BCUT2D eigenvalue weighted by Crippen LogP contribution is -2.54. The number of fused-ring (bicyclic) bond motifs is 9. The summed E-state index contributed by atoms with van der Waals surface area (Å²) in [6.45, 7) is 0. The molecule has 2 atom stereocenters. The molecule has 0 saturated carbocycles. The van der Waals surface area contributed by atoms with Crippen LogP contribution in [0.3, 0.4) is 0 Å². The van der Waals surface area contributed by atoms with Crippen LogP contribution in [0, 0.1) is 0 Å². The lowest BCUT2D eigenvalue weighted by Gasteiger charge is -2.40. The maximum Gasteiger partial charge on any atom is 0.0878 e. The predicted molar refractivity (Wildman–Crippen MR) is 219 cm³/mol. The van der Waals surface area contributed by atoms with E-state index < -0.39 is 0 Å². The number of hydrogen-bond acceptors (Lipinski definition) is 4. The highest BCUT2D eigenvalue weighted by atomic mass is 32.1. The van der Waals surface area contributed by atoms with Crippen LogP contribution in [0.5, 0.6) is 0 Å². The highest BCUT2D eigenvalue weighted by Crippen LogP contribution is 2.46. The van der Waals surface area contributed by atoms with Gasteiger partial charge in [0.25, 0.3) is 0 Å². The molecule has 1 saturated heterocycles. The second-order valence-corrected chi connectivity index (χ2v) is 14.9. The molecule has 0 spiro atoms. The second-order valence-electron chi connectivity index (χ2n) is 13.8. The van der Waals surface area contributed by atoms with E-state index in [2.05, 4.69) is 190 Å². The van der Waals surface area contributed by atoms with E-state index in [0.717, 1.165) is 0 Å². The van der Waals surface area contributed by atoms with Gasteiger partial charge in [0.2, 0.25) is 0 Å². The summed E-state index contributed by atoms with van der Waals surface area (Å²) in [5.74, 6) is 0. The van der Waals surface area contributed by atoms with Gasteiger partial charge in [0.15, 0.2) is 0 Å². The fourth-order valence-corrected chi connectivity index (χ4v) is 9.83. The molecule has 3 heterocycles. The highest BCUT2D eigenvalue weighted by Gasteiger charge is 2.31. The number of thiophene rings is 1. The van der Waals surface area contributed by atoms with Gasteiger partial charge in [-0.25, -0.2) is 0 Å². The smallest absolute Gasteiger partial charge is 0.0878 e. The van der Waals surface area contributed by atoms with Crippen molar-refractivity contribution in [1.82, 2.24) is 20.5 Å². The first-order valence-corrected chi connectivity index (χ1v) is 18.8. The van der Waals surface area contributed by atoms with E-state index in [9.17, 15) is 0 Å². The zero-order chi connectivity index (χ0) is 34.2. The van der Waals surface area contributed by atoms with E-state index in [0.29, 0.717) is 0 Å². The van der Waals surface area contributed by atoms with Gasteiger partial charge in [-0.1, -0.05) is 140 Å². The standard InChI is InChI=1S/C47H34N4S/c1-3-14-29(15-4-1)45-48-46(30-16-5-2-6-17-30)50-47(49-45)38-27-33-20-9-10-21-34(33)42-36-23-13-25-40(43(36)52-44(38)42)51-39-24-12-11-22-35(39)37-26-31-18-7-8-19-32(31)28-41(37)51/h1-28,45-50H. The van der Waals surface area contributed by atoms with Gasteiger partial charge >= 0.3 is 0 Å². The van der Waals surface area contributed by atoms with Crippen LogP contribution in [-0.4, -0.2) is 4.57 Å². The number of nitrogens with zero attached hydrogens (tertiary/aromatic N) is 1. The molecule has 2 unspecified atom stereocenters. The molecule has 3 N–H and O–H groups in total. The molecule has 0 bridgehead atoms. The van der Waals surface area contributed by atoms with E-state index in [-0.39, 0.29) is 18.5 Å². The molecule has 1 fully saturated rings. The number of benzene rings is 8. The van der Waals surface area contributed by atoms with Crippen LogP contribution in [0.1, 0.15) is 35.2 Å². The van der Waals surface area contributed by atoms with Gasteiger partial charge in [0, 0.05) is 31.8 Å². The Kier molecular flexibility index (Phi) is 6.82. The maximum atomic E-state index is 3.97. The van der Waals surface area contributed by atoms with Crippen molar-refractivity contribution >= 4 is 74.9 Å². The fourth-order valence-electron chi connectivity index (χ4n) is 8.46. The fraction of sp³-hybridized carbons (Fsp3) is 0.0638. The Morgan fingerprint density at radius 1 is 0.404 bits per heavy atom. The van der Waals surface area contributed by atoms with Gasteiger partial charge in [0.05, 0.1) is 39.9 Å². The molecule has 4 nitrogen and oxygen atoms in total. The van der Waals surface area contributed by atoms with E-state index in [1.54, 1.807) is 0 Å². The van der Waals surface area contributed by atoms with Gasteiger partial charge in [-0.15, -0.1) is 11.3 Å². The number of aromatic nitrogens is 1. The topological polar surface area (TPSA) is 41.0 Å². The summed E-state index contributed by atoms with van der Waals surface area (Å²) in [7, 11) is 0. The SMILES string of the molecule is c1ccc(C2NC(c3ccccc3)NC(c3cc4ccccc4c4c3sc3c(-n5c6ccccc6c6cc7ccccc7cc65)cccc34)N2)cc1. The third kappa shape index (κ3) is 4.64. The molecule has 0 amide bonds. The van der Waals surface area contributed by atoms with Crippen molar-refractivity contribution in [2.24, 2.45) is 0 Å². The van der Waals surface area contributed by atoms with Crippen molar-refractivity contribution < 1.29 is 0 Å². The Labute approximate surface area is 304 Å². The minimum atomic E-state index is -0.111. The highest BCUT2D eigenvalue weighted by molar-refractivity contribution is 7.26. The van der Waals surface area contributed by atoms with Gasteiger partial charge in [0.1, 0.15) is 0 Å². The lowest BCUT2D eigenvalue weighted by atomic mass is 9.97. The molecular weight excluding hydrogens is 653 g/mol. The van der Waals surface area contributed by atoms with Gasteiger partial charge < -0.3 is 4.57 Å². The number of para-hydroxylation sites is 1. The molecule has 52 heavy (non-hydrogen) atoms. The number of hydrogen-bond donors (Lipinski definition) is 3. The lowest BCUT2D eigenvalue weighted by molar-refractivity contribution is 0.204. The van der Waals surface area contributed by atoms with Crippen molar-refractivity contribution in [3.8, 4) is 5.69 Å². The largest absolute Gasteiger partial charge is 0.308 e. The zero-order valence-electron chi connectivity index (χ0n) is 28.3. The molecule has 8 aromatic carbocycles. The first kappa shape index (κ1) is 29.9. The van der Waals surface area contributed by atoms with Crippen LogP contribution in [-0.2, 0) is 0 Å². The van der Waals surface area contributed by atoms with Crippen LogP contribution in [0.4, 0.5) is 0 Å². The monoisotopic (exact) mass is 686 g/mol. The number of nitrogens with one attached hydrogen (secondary N) is 3. The minimum Gasteiger partial charge on any atom is -0.308 e. The van der Waals surface area contributed by atoms with Crippen molar-refractivity contribution in [1.29, 1.82) is 0 Å². The minimum absolute atomic E-state index is 0.0449. The molecule has 5 heteroatoms. The third-order valence-electron chi connectivity index (χ3n) is 10.9. The van der Waals surface area contributed by atoms with Crippen molar-refractivity contribution in [3.63, 3.8) is 0 Å². The van der Waals surface area contributed by atoms with Gasteiger partial charge in [-0.2, -0.15) is 0 Å². The molecular formula is C47H34N4S. The molecule has 11 rings (SSSR count). The van der Waals surface area contributed by atoms with Crippen LogP contribution in [0.15, 0.2) is 170 Å². The predicted octanol–water partition coefficient (Wildman–Crippen LogP) is 11.6. The summed E-state index contributed by atoms with van der Waals surface area (Å²) in [5, 5.41) is 22.0. The first-order valence-electron chi connectivity index (χ1n) is 18.0. The van der Waals surface area contributed by atoms with Gasteiger partial charge in [-0.05, 0) is 63.0 Å². The Balaban J connectivity index is 1.17. The molecule has 248 valence electrons. The summed E-state index contributed by atoms with van der Waals surface area (Å²) in [4.78, 5) is 0. The third-order valence-corrected chi connectivity index (χ3v) is 12.1. The Hall–Kier alpha value is -5.82. The molecule has 10 aromatic rings. The zero-order valence-corrected chi connectivity index (χ0v) is 29.1.